The Labute approximate surface area is 137 Å². The van der Waals surface area contributed by atoms with E-state index in [1.54, 1.807) is 6.33 Å². The Hall–Kier alpha value is -2.17. The predicted octanol–water partition coefficient (Wildman–Crippen LogP) is 2.23. The normalized spacial score (nSPS) is 15.8. The molecule has 0 spiro atoms. The largest absolute Gasteiger partial charge is 0.343 e. The Morgan fingerprint density at radius 3 is 2.61 bits per heavy atom. The Morgan fingerprint density at radius 1 is 1.22 bits per heavy atom. The van der Waals surface area contributed by atoms with E-state index in [9.17, 15) is 4.79 Å². The van der Waals surface area contributed by atoms with Crippen LogP contribution < -0.4 is 0 Å². The van der Waals surface area contributed by atoms with Crippen molar-refractivity contribution in [1.29, 1.82) is 0 Å². The van der Waals surface area contributed by atoms with Gasteiger partial charge in [0.2, 0.25) is 5.91 Å². The van der Waals surface area contributed by atoms with E-state index in [2.05, 4.69) is 22.3 Å². The summed E-state index contributed by atoms with van der Waals surface area (Å²) in [4.78, 5) is 14.4. The van der Waals surface area contributed by atoms with Crippen LogP contribution in [0.3, 0.4) is 0 Å². The number of carbonyl (C=O) groups is 1. The van der Waals surface area contributed by atoms with Crippen molar-refractivity contribution in [2.45, 2.75) is 32.1 Å². The molecule has 0 radical (unpaired) electrons. The van der Waals surface area contributed by atoms with Gasteiger partial charge in [-0.3, -0.25) is 4.79 Å². The lowest BCUT2D eigenvalue weighted by molar-refractivity contribution is -0.132. The van der Waals surface area contributed by atoms with Crippen LogP contribution in [-0.4, -0.2) is 38.7 Å². The van der Waals surface area contributed by atoms with Crippen LogP contribution in [0.4, 0.5) is 0 Å². The molecule has 23 heavy (non-hydrogen) atoms. The van der Waals surface area contributed by atoms with E-state index < -0.39 is 0 Å². The van der Waals surface area contributed by atoms with E-state index >= 15 is 0 Å². The smallest absolute Gasteiger partial charge is 0.222 e. The lowest BCUT2D eigenvalue weighted by atomic mass is 9.93. The fourth-order valence-corrected chi connectivity index (χ4v) is 3.19. The number of amides is 1. The van der Waals surface area contributed by atoms with Gasteiger partial charge in [-0.2, -0.15) is 0 Å². The number of rotatable bonds is 5. The minimum atomic E-state index is 0.283. The molecule has 1 aliphatic heterocycles. The maximum atomic E-state index is 12.3. The molecule has 1 saturated heterocycles. The van der Waals surface area contributed by atoms with Crippen LogP contribution in [0.2, 0.25) is 0 Å². The van der Waals surface area contributed by atoms with Gasteiger partial charge in [0.05, 0.1) is 0 Å². The zero-order valence-corrected chi connectivity index (χ0v) is 13.7. The molecule has 0 saturated carbocycles. The van der Waals surface area contributed by atoms with Crippen molar-refractivity contribution in [3.8, 4) is 0 Å². The summed E-state index contributed by atoms with van der Waals surface area (Å²) in [6.45, 7) is 1.74. The average Bonchev–Trinajstić information content (AvgIpc) is 2.99. The van der Waals surface area contributed by atoms with Crippen molar-refractivity contribution >= 4 is 5.91 Å². The van der Waals surface area contributed by atoms with Gasteiger partial charge in [-0.25, -0.2) is 0 Å². The number of hydrogen-bond donors (Lipinski definition) is 0. The fourth-order valence-electron chi connectivity index (χ4n) is 3.19. The highest BCUT2D eigenvalue weighted by molar-refractivity contribution is 5.76. The molecule has 1 aliphatic rings. The Balaban J connectivity index is 1.43. The lowest BCUT2D eigenvalue weighted by Gasteiger charge is -2.32. The van der Waals surface area contributed by atoms with E-state index in [0.717, 1.165) is 44.6 Å². The maximum Gasteiger partial charge on any atom is 0.222 e. The van der Waals surface area contributed by atoms with Crippen molar-refractivity contribution in [2.75, 3.05) is 13.1 Å². The van der Waals surface area contributed by atoms with Gasteiger partial charge in [0.15, 0.2) is 0 Å². The molecule has 5 nitrogen and oxygen atoms in total. The van der Waals surface area contributed by atoms with E-state index in [1.807, 2.05) is 34.7 Å². The number of piperidine rings is 1. The van der Waals surface area contributed by atoms with E-state index in [4.69, 9.17) is 0 Å². The first-order valence-corrected chi connectivity index (χ1v) is 8.37. The SMILES string of the molecule is Cn1cnnc1CC1CCN(C(=O)CCc2ccccc2)CC1. The molecule has 5 heteroatoms. The third-order valence-corrected chi connectivity index (χ3v) is 4.71. The Morgan fingerprint density at radius 2 is 1.96 bits per heavy atom. The van der Waals surface area contributed by atoms with Crippen LogP contribution >= 0.6 is 0 Å². The number of aromatic nitrogens is 3. The van der Waals surface area contributed by atoms with Crippen LogP contribution in [0.1, 0.15) is 30.7 Å². The first-order chi connectivity index (χ1) is 11.2. The minimum absolute atomic E-state index is 0.283. The molecule has 1 aromatic carbocycles. The standard InChI is InChI=1S/C18H24N4O/c1-21-14-19-20-17(21)13-16-9-11-22(12-10-16)18(23)8-7-15-5-3-2-4-6-15/h2-6,14,16H,7-13H2,1H3. The highest BCUT2D eigenvalue weighted by Gasteiger charge is 2.23. The molecule has 0 atom stereocenters. The van der Waals surface area contributed by atoms with Crippen molar-refractivity contribution < 1.29 is 4.79 Å². The molecule has 0 bridgehead atoms. The van der Waals surface area contributed by atoms with Crippen LogP contribution in [0.15, 0.2) is 36.7 Å². The van der Waals surface area contributed by atoms with Crippen LogP contribution in [-0.2, 0) is 24.7 Å². The molecule has 2 heterocycles. The zero-order chi connectivity index (χ0) is 16.1. The van der Waals surface area contributed by atoms with Gasteiger partial charge in [-0.15, -0.1) is 10.2 Å². The minimum Gasteiger partial charge on any atom is -0.343 e. The van der Waals surface area contributed by atoms with Crippen LogP contribution in [0.25, 0.3) is 0 Å². The van der Waals surface area contributed by atoms with Crippen molar-refractivity contribution in [3.05, 3.63) is 48.0 Å². The number of likely N-dealkylation sites (tertiary alicyclic amines) is 1. The van der Waals surface area contributed by atoms with Crippen molar-refractivity contribution in [2.24, 2.45) is 13.0 Å². The zero-order valence-electron chi connectivity index (χ0n) is 13.7. The third-order valence-electron chi connectivity index (χ3n) is 4.71. The topological polar surface area (TPSA) is 51.0 Å². The highest BCUT2D eigenvalue weighted by atomic mass is 16.2. The number of aryl methyl sites for hydroxylation is 2. The van der Waals surface area contributed by atoms with Gasteiger partial charge in [0.25, 0.3) is 0 Å². The molecular formula is C18H24N4O. The summed E-state index contributed by atoms with van der Waals surface area (Å²) in [6.07, 6.45) is 6.27. The third kappa shape index (κ3) is 4.18. The summed E-state index contributed by atoms with van der Waals surface area (Å²) in [5.74, 6) is 1.93. The summed E-state index contributed by atoms with van der Waals surface area (Å²) in [6, 6.07) is 10.2. The van der Waals surface area contributed by atoms with Gasteiger partial charge in [-0.1, -0.05) is 30.3 Å². The number of benzene rings is 1. The summed E-state index contributed by atoms with van der Waals surface area (Å²) in [7, 11) is 1.98. The molecule has 2 aromatic rings. The van der Waals surface area contributed by atoms with Gasteiger partial charge < -0.3 is 9.47 Å². The summed E-state index contributed by atoms with van der Waals surface area (Å²) in [5, 5.41) is 8.09. The van der Waals surface area contributed by atoms with E-state index in [-0.39, 0.29) is 5.91 Å². The molecule has 1 aromatic heterocycles. The second-order valence-electron chi connectivity index (χ2n) is 6.37. The summed E-state index contributed by atoms with van der Waals surface area (Å²) >= 11 is 0. The van der Waals surface area contributed by atoms with Gasteiger partial charge in [0, 0.05) is 33.0 Å². The highest BCUT2D eigenvalue weighted by Crippen LogP contribution is 2.21. The number of nitrogens with zero attached hydrogens (tertiary/aromatic N) is 4. The fraction of sp³-hybridized carbons (Fsp3) is 0.500. The number of hydrogen-bond acceptors (Lipinski definition) is 3. The first kappa shape index (κ1) is 15.7. The van der Waals surface area contributed by atoms with E-state index in [0.29, 0.717) is 12.3 Å². The molecule has 0 unspecified atom stereocenters. The van der Waals surface area contributed by atoms with Crippen molar-refractivity contribution in [1.82, 2.24) is 19.7 Å². The Kier molecular flexibility index (Phi) is 5.05. The molecule has 122 valence electrons. The van der Waals surface area contributed by atoms with E-state index in [1.165, 1.54) is 5.56 Å². The van der Waals surface area contributed by atoms with Gasteiger partial charge in [0.1, 0.15) is 12.2 Å². The molecule has 0 aliphatic carbocycles. The summed E-state index contributed by atoms with van der Waals surface area (Å²) < 4.78 is 1.98. The lowest BCUT2D eigenvalue weighted by Crippen LogP contribution is -2.39. The molecular weight excluding hydrogens is 288 g/mol. The average molecular weight is 312 g/mol. The van der Waals surface area contributed by atoms with Crippen molar-refractivity contribution in [3.63, 3.8) is 0 Å². The molecule has 3 rings (SSSR count). The van der Waals surface area contributed by atoms with Crippen LogP contribution in [0, 0.1) is 5.92 Å². The van der Waals surface area contributed by atoms with Crippen LogP contribution in [0.5, 0.6) is 0 Å². The van der Waals surface area contributed by atoms with Gasteiger partial charge >= 0.3 is 0 Å². The molecule has 1 fully saturated rings. The summed E-state index contributed by atoms with van der Waals surface area (Å²) in [5.41, 5.74) is 1.23. The van der Waals surface area contributed by atoms with Gasteiger partial charge in [-0.05, 0) is 30.7 Å². The predicted molar refractivity (Wildman–Crippen MR) is 88.8 cm³/mol. The molecule has 1 amide bonds. The second-order valence-corrected chi connectivity index (χ2v) is 6.37. The second kappa shape index (κ2) is 7.40. The quantitative estimate of drug-likeness (QED) is 0.851. The maximum absolute atomic E-state index is 12.3. The Bertz CT molecular complexity index is 629. The molecule has 0 N–H and O–H groups in total. The number of carbonyl (C=O) groups excluding carboxylic acids is 1. The monoisotopic (exact) mass is 312 g/mol. The first-order valence-electron chi connectivity index (χ1n) is 8.37.